The van der Waals surface area contributed by atoms with Gasteiger partial charge in [-0.15, -0.1) is 0 Å². The van der Waals surface area contributed by atoms with E-state index in [4.69, 9.17) is 0 Å². The Balaban J connectivity index is 1.72. The molecule has 0 spiro atoms. The van der Waals surface area contributed by atoms with Gasteiger partial charge >= 0.3 is 0 Å². The summed E-state index contributed by atoms with van der Waals surface area (Å²) in [6.07, 6.45) is 8.65. The fourth-order valence-electron chi connectivity index (χ4n) is 3.24. The molecule has 16 heavy (non-hydrogen) atoms. The van der Waals surface area contributed by atoms with Gasteiger partial charge < -0.3 is 10.2 Å². The first kappa shape index (κ1) is 12.4. The molecule has 2 rings (SSSR count). The van der Waals surface area contributed by atoms with Crippen molar-refractivity contribution in [1.82, 2.24) is 10.2 Å². The average Bonchev–Trinajstić information content (AvgIpc) is 2.80. The van der Waals surface area contributed by atoms with Crippen molar-refractivity contribution in [3.63, 3.8) is 0 Å². The van der Waals surface area contributed by atoms with Gasteiger partial charge in [0.05, 0.1) is 0 Å². The quantitative estimate of drug-likeness (QED) is 0.790. The molecule has 0 bridgehead atoms. The predicted molar refractivity (Wildman–Crippen MR) is 69.7 cm³/mol. The molecular formula is C14H28N2. The molecule has 2 heteroatoms. The molecule has 2 nitrogen and oxygen atoms in total. The van der Waals surface area contributed by atoms with Crippen LogP contribution in [0.3, 0.4) is 0 Å². The van der Waals surface area contributed by atoms with Crippen LogP contribution in [-0.2, 0) is 0 Å². The first-order valence-electron chi connectivity index (χ1n) is 7.19. The molecule has 2 aliphatic rings. The Labute approximate surface area is 101 Å². The van der Waals surface area contributed by atoms with Crippen LogP contribution < -0.4 is 5.32 Å². The lowest BCUT2D eigenvalue weighted by Crippen LogP contribution is -2.58. The Kier molecular flexibility index (Phi) is 4.26. The molecule has 1 atom stereocenters. The van der Waals surface area contributed by atoms with Crippen molar-refractivity contribution in [1.29, 1.82) is 0 Å². The Bertz CT molecular complexity index is 211. The minimum Gasteiger partial charge on any atom is -0.309 e. The summed E-state index contributed by atoms with van der Waals surface area (Å²) in [6.45, 7) is 9.68. The lowest BCUT2D eigenvalue weighted by molar-refractivity contribution is 0.133. The highest BCUT2D eigenvalue weighted by Gasteiger charge is 2.28. The molecule has 0 aromatic heterocycles. The van der Waals surface area contributed by atoms with E-state index in [0.717, 1.165) is 5.92 Å². The maximum absolute atomic E-state index is 3.66. The zero-order valence-corrected chi connectivity index (χ0v) is 11.1. The molecular weight excluding hydrogens is 196 g/mol. The highest BCUT2D eigenvalue weighted by atomic mass is 15.2. The van der Waals surface area contributed by atoms with Gasteiger partial charge in [-0.3, -0.25) is 0 Å². The monoisotopic (exact) mass is 224 g/mol. The Morgan fingerprint density at radius 3 is 2.75 bits per heavy atom. The second kappa shape index (κ2) is 5.50. The molecule has 0 aromatic rings. The maximum Gasteiger partial charge on any atom is 0.0278 e. The van der Waals surface area contributed by atoms with Crippen LogP contribution in [0.1, 0.15) is 52.4 Å². The van der Waals surface area contributed by atoms with Gasteiger partial charge in [-0.2, -0.15) is 0 Å². The Morgan fingerprint density at radius 1 is 1.31 bits per heavy atom. The van der Waals surface area contributed by atoms with E-state index in [0.29, 0.717) is 5.54 Å². The normalized spacial score (nSPS) is 33.4. The molecule has 0 amide bonds. The summed E-state index contributed by atoms with van der Waals surface area (Å²) in [7, 11) is 0. The van der Waals surface area contributed by atoms with Crippen molar-refractivity contribution in [2.75, 3.05) is 26.2 Å². The number of rotatable bonds is 4. The van der Waals surface area contributed by atoms with E-state index in [1.54, 1.807) is 0 Å². The zero-order chi connectivity index (χ0) is 11.4. The van der Waals surface area contributed by atoms with Gasteiger partial charge in [0, 0.05) is 25.2 Å². The SMILES string of the molecule is CCC1(C)CN(CCC2CCCC2)CCN1. The van der Waals surface area contributed by atoms with Gasteiger partial charge in [-0.25, -0.2) is 0 Å². The molecule has 1 aliphatic heterocycles. The van der Waals surface area contributed by atoms with Crippen LogP contribution in [0.4, 0.5) is 0 Å². The second-order valence-electron chi connectivity index (χ2n) is 6.06. The predicted octanol–water partition coefficient (Wildman–Crippen LogP) is 2.64. The summed E-state index contributed by atoms with van der Waals surface area (Å²) < 4.78 is 0. The lowest BCUT2D eigenvalue weighted by Gasteiger charge is -2.41. The number of hydrogen-bond donors (Lipinski definition) is 1. The van der Waals surface area contributed by atoms with E-state index in [9.17, 15) is 0 Å². The summed E-state index contributed by atoms with van der Waals surface area (Å²) >= 11 is 0. The first-order chi connectivity index (χ1) is 7.72. The molecule has 0 radical (unpaired) electrons. The third-order valence-corrected chi connectivity index (χ3v) is 4.66. The van der Waals surface area contributed by atoms with E-state index < -0.39 is 0 Å². The van der Waals surface area contributed by atoms with Crippen molar-refractivity contribution < 1.29 is 0 Å². The molecule has 1 heterocycles. The second-order valence-corrected chi connectivity index (χ2v) is 6.06. The summed E-state index contributed by atoms with van der Waals surface area (Å²) in [5.41, 5.74) is 0.369. The third-order valence-electron chi connectivity index (χ3n) is 4.66. The summed E-state index contributed by atoms with van der Waals surface area (Å²) in [5.74, 6) is 1.04. The van der Waals surface area contributed by atoms with Crippen molar-refractivity contribution in [2.24, 2.45) is 5.92 Å². The maximum atomic E-state index is 3.66. The molecule has 1 aliphatic carbocycles. The van der Waals surface area contributed by atoms with E-state index in [1.807, 2.05) is 0 Å². The van der Waals surface area contributed by atoms with E-state index in [1.165, 1.54) is 64.7 Å². The van der Waals surface area contributed by atoms with Crippen LogP contribution in [0.2, 0.25) is 0 Å². The summed E-state index contributed by atoms with van der Waals surface area (Å²) in [4.78, 5) is 2.68. The fraction of sp³-hybridized carbons (Fsp3) is 1.00. The average molecular weight is 224 g/mol. The number of nitrogens with zero attached hydrogens (tertiary/aromatic N) is 1. The van der Waals surface area contributed by atoms with Gasteiger partial charge in [-0.1, -0.05) is 32.6 Å². The minimum absolute atomic E-state index is 0.369. The van der Waals surface area contributed by atoms with Crippen LogP contribution in [0.5, 0.6) is 0 Å². The third kappa shape index (κ3) is 3.21. The standard InChI is InChI=1S/C14H28N2/c1-3-14(2)12-16(11-9-15-14)10-8-13-6-4-5-7-13/h13,15H,3-12H2,1-2H3. The molecule has 1 saturated carbocycles. The van der Waals surface area contributed by atoms with Gasteiger partial charge in [0.15, 0.2) is 0 Å². The Hall–Kier alpha value is -0.0800. The molecule has 0 aromatic carbocycles. The number of piperazine rings is 1. The van der Waals surface area contributed by atoms with Crippen LogP contribution in [-0.4, -0.2) is 36.6 Å². The van der Waals surface area contributed by atoms with Gasteiger partial charge in [0.1, 0.15) is 0 Å². The van der Waals surface area contributed by atoms with Crippen molar-refractivity contribution in [2.45, 2.75) is 57.9 Å². The van der Waals surface area contributed by atoms with E-state index in [2.05, 4.69) is 24.1 Å². The van der Waals surface area contributed by atoms with Crippen molar-refractivity contribution >= 4 is 0 Å². The Morgan fingerprint density at radius 2 is 2.06 bits per heavy atom. The molecule has 1 unspecified atom stereocenters. The van der Waals surface area contributed by atoms with Gasteiger partial charge in [0.25, 0.3) is 0 Å². The van der Waals surface area contributed by atoms with Crippen LogP contribution >= 0.6 is 0 Å². The smallest absolute Gasteiger partial charge is 0.0278 e. The first-order valence-corrected chi connectivity index (χ1v) is 7.19. The van der Waals surface area contributed by atoms with Crippen LogP contribution in [0.25, 0.3) is 0 Å². The zero-order valence-electron chi connectivity index (χ0n) is 11.1. The van der Waals surface area contributed by atoms with E-state index >= 15 is 0 Å². The highest BCUT2D eigenvalue weighted by Crippen LogP contribution is 2.28. The summed E-state index contributed by atoms with van der Waals surface area (Å²) in [5, 5.41) is 3.66. The topological polar surface area (TPSA) is 15.3 Å². The highest BCUT2D eigenvalue weighted by molar-refractivity contribution is 4.89. The van der Waals surface area contributed by atoms with Crippen molar-refractivity contribution in [3.8, 4) is 0 Å². The van der Waals surface area contributed by atoms with Crippen LogP contribution in [0, 0.1) is 5.92 Å². The van der Waals surface area contributed by atoms with Crippen molar-refractivity contribution in [3.05, 3.63) is 0 Å². The molecule has 2 fully saturated rings. The van der Waals surface area contributed by atoms with Crippen LogP contribution in [0.15, 0.2) is 0 Å². The number of hydrogen-bond acceptors (Lipinski definition) is 2. The summed E-state index contributed by atoms with van der Waals surface area (Å²) in [6, 6.07) is 0. The number of nitrogens with one attached hydrogen (secondary N) is 1. The van der Waals surface area contributed by atoms with E-state index in [-0.39, 0.29) is 0 Å². The fourth-order valence-corrected chi connectivity index (χ4v) is 3.24. The largest absolute Gasteiger partial charge is 0.309 e. The molecule has 1 N–H and O–H groups in total. The van der Waals surface area contributed by atoms with Gasteiger partial charge in [-0.05, 0) is 32.2 Å². The minimum atomic E-state index is 0.369. The lowest BCUT2D eigenvalue weighted by atomic mass is 9.95. The van der Waals surface area contributed by atoms with Gasteiger partial charge in [0.2, 0.25) is 0 Å². The molecule has 94 valence electrons. The molecule has 1 saturated heterocycles.